The average molecular weight is 344 g/mol. The van der Waals surface area contributed by atoms with Gasteiger partial charge in [-0.15, -0.1) is 0 Å². The normalized spacial score (nSPS) is 24.0. The number of rotatable bonds is 7. The SMILES string of the molecule is CCN1CCC[C@H](CN2CCC(N(CC)Cc3ccccc3)CC2)C1. The van der Waals surface area contributed by atoms with Crippen LogP contribution in [0.1, 0.15) is 45.1 Å². The molecule has 0 radical (unpaired) electrons. The number of nitrogens with zero attached hydrogens (tertiary/aromatic N) is 3. The molecule has 140 valence electrons. The van der Waals surface area contributed by atoms with Crippen molar-refractivity contribution in [2.75, 3.05) is 45.8 Å². The first-order chi connectivity index (χ1) is 12.3. The minimum atomic E-state index is 0.764. The molecular weight excluding hydrogens is 306 g/mol. The Morgan fingerprint density at radius 1 is 0.960 bits per heavy atom. The van der Waals surface area contributed by atoms with Crippen LogP contribution in [-0.2, 0) is 6.54 Å². The summed E-state index contributed by atoms with van der Waals surface area (Å²) in [6.45, 7) is 14.7. The van der Waals surface area contributed by atoms with Crippen molar-refractivity contribution >= 4 is 0 Å². The van der Waals surface area contributed by atoms with Gasteiger partial charge in [0.25, 0.3) is 0 Å². The number of piperidine rings is 2. The van der Waals surface area contributed by atoms with Crippen molar-refractivity contribution in [2.45, 2.75) is 52.1 Å². The molecule has 2 aliphatic heterocycles. The lowest BCUT2D eigenvalue weighted by Gasteiger charge is -2.41. The van der Waals surface area contributed by atoms with Gasteiger partial charge in [0.2, 0.25) is 0 Å². The van der Waals surface area contributed by atoms with Crippen LogP contribution in [0.4, 0.5) is 0 Å². The maximum absolute atomic E-state index is 2.75. The van der Waals surface area contributed by atoms with Crippen molar-refractivity contribution in [3.8, 4) is 0 Å². The number of benzene rings is 1. The molecule has 0 aromatic heterocycles. The lowest BCUT2D eigenvalue weighted by molar-refractivity contribution is 0.0811. The number of hydrogen-bond acceptors (Lipinski definition) is 3. The predicted molar refractivity (Wildman–Crippen MR) is 107 cm³/mol. The molecule has 1 aromatic rings. The van der Waals surface area contributed by atoms with Crippen LogP contribution in [0.25, 0.3) is 0 Å². The summed E-state index contributed by atoms with van der Waals surface area (Å²) in [5, 5.41) is 0. The van der Waals surface area contributed by atoms with E-state index in [1.807, 2.05) is 0 Å². The average Bonchev–Trinajstić information content (AvgIpc) is 2.68. The van der Waals surface area contributed by atoms with Gasteiger partial charge in [-0.2, -0.15) is 0 Å². The number of hydrogen-bond donors (Lipinski definition) is 0. The predicted octanol–water partition coefficient (Wildman–Crippen LogP) is 3.70. The molecule has 1 aromatic carbocycles. The van der Waals surface area contributed by atoms with E-state index in [0.29, 0.717) is 0 Å². The van der Waals surface area contributed by atoms with Gasteiger partial charge in [-0.1, -0.05) is 44.2 Å². The zero-order valence-corrected chi connectivity index (χ0v) is 16.4. The van der Waals surface area contributed by atoms with Crippen molar-refractivity contribution in [1.29, 1.82) is 0 Å². The smallest absolute Gasteiger partial charge is 0.0236 e. The van der Waals surface area contributed by atoms with Gasteiger partial charge in [-0.25, -0.2) is 0 Å². The maximum atomic E-state index is 2.75. The van der Waals surface area contributed by atoms with Crippen molar-refractivity contribution in [2.24, 2.45) is 5.92 Å². The van der Waals surface area contributed by atoms with Crippen LogP contribution in [0.3, 0.4) is 0 Å². The Morgan fingerprint density at radius 2 is 1.72 bits per heavy atom. The van der Waals surface area contributed by atoms with Crippen LogP contribution in [0.5, 0.6) is 0 Å². The van der Waals surface area contributed by atoms with E-state index < -0.39 is 0 Å². The highest BCUT2D eigenvalue weighted by molar-refractivity contribution is 5.14. The van der Waals surface area contributed by atoms with E-state index in [1.165, 1.54) is 70.5 Å². The monoisotopic (exact) mass is 343 g/mol. The third-order valence-corrected chi connectivity index (χ3v) is 6.27. The summed E-state index contributed by atoms with van der Waals surface area (Å²) in [4.78, 5) is 8.07. The molecule has 0 aliphatic carbocycles. The molecule has 2 fully saturated rings. The Morgan fingerprint density at radius 3 is 2.40 bits per heavy atom. The summed E-state index contributed by atoms with van der Waals surface area (Å²) in [5.41, 5.74) is 1.45. The van der Waals surface area contributed by atoms with Crippen molar-refractivity contribution in [3.05, 3.63) is 35.9 Å². The Hall–Kier alpha value is -0.900. The molecular formula is C22H37N3. The molecule has 0 saturated carbocycles. The molecule has 1 atom stereocenters. The quantitative estimate of drug-likeness (QED) is 0.747. The third kappa shape index (κ3) is 5.54. The fourth-order valence-electron chi connectivity index (χ4n) is 4.74. The highest BCUT2D eigenvalue weighted by Gasteiger charge is 2.26. The van der Waals surface area contributed by atoms with Crippen LogP contribution in [-0.4, -0.2) is 66.6 Å². The van der Waals surface area contributed by atoms with Gasteiger partial charge in [-0.05, 0) is 69.9 Å². The molecule has 0 bridgehead atoms. The summed E-state index contributed by atoms with van der Waals surface area (Å²) >= 11 is 0. The zero-order chi connectivity index (χ0) is 17.5. The number of likely N-dealkylation sites (tertiary alicyclic amines) is 2. The minimum absolute atomic E-state index is 0.764. The first-order valence-electron chi connectivity index (χ1n) is 10.5. The summed E-state index contributed by atoms with van der Waals surface area (Å²) in [6.07, 6.45) is 5.51. The summed E-state index contributed by atoms with van der Waals surface area (Å²) in [7, 11) is 0. The van der Waals surface area contributed by atoms with E-state index in [1.54, 1.807) is 0 Å². The lowest BCUT2D eigenvalue weighted by atomic mass is 9.95. The fourth-order valence-corrected chi connectivity index (χ4v) is 4.74. The third-order valence-electron chi connectivity index (χ3n) is 6.27. The molecule has 0 spiro atoms. The first kappa shape index (κ1) is 18.9. The van der Waals surface area contributed by atoms with E-state index in [2.05, 4.69) is 58.9 Å². The van der Waals surface area contributed by atoms with Crippen LogP contribution >= 0.6 is 0 Å². The molecule has 25 heavy (non-hydrogen) atoms. The molecule has 2 saturated heterocycles. The zero-order valence-electron chi connectivity index (χ0n) is 16.4. The lowest BCUT2D eigenvalue weighted by Crippen LogP contribution is -2.47. The van der Waals surface area contributed by atoms with Crippen molar-refractivity contribution in [1.82, 2.24) is 14.7 Å². The van der Waals surface area contributed by atoms with Crippen molar-refractivity contribution < 1.29 is 0 Å². The van der Waals surface area contributed by atoms with Crippen molar-refractivity contribution in [3.63, 3.8) is 0 Å². The molecule has 2 heterocycles. The molecule has 3 nitrogen and oxygen atoms in total. The minimum Gasteiger partial charge on any atom is -0.303 e. The molecule has 3 rings (SSSR count). The van der Waals surface area contributed by atoms with Gasteiger partial charge >= 0.3 is 0 Å². The second-order valence-electron chi connectivity index (χ2n) is 7.98. The molecule has 3 heteroatoms. The standard InChI is InChI=1S/C22H37N3/c1-3-23-14-8-11-21(17-23)18-24-15-12-22(13-16-24)25(4-2)19-20-9-6-5-7-10-20/h5-7,9-10,21-22H,3-4,8,11-19H2,1-2H3/t21-/m0/s1. The topological polar surface area (TPSA) is 9.72 Å². The second-order valence-corrected chi connectivity index (χ2v) is 7.98. The van der Waals surface area contributed by atoms with Crippen LogP contribution < -0.4 is 0 Å². The van der Waals surface area contributed by atoms with Gasteiger partial charge in [-0.3, -0.25) is 4.90 Å². The van der Waals surface area contributed by atoms with E-state index in [0.717, 1.165) is 25.0 Å². The summed E-state index contributed by atoms with van der Waals surface area (Å²) < 4.78 is 0. The second kappa shape index (κ2) is 9.70. The van der Waals surface area contributed by atoms with Gasteiger partial charge in [0, 0.05) is 25.7 Å². The van der Waals surface area contributed by atoms with Crippen LogP contribution in [0.15, 0.2) is 30.3 Å². The fraction of sp³-hybridized carbons (Fsp3) is 0.727. The van der Waals surface area contributed by atoms with Crippen LogP contribution in [0.2, 0.25) is 0 Å². The van der Waals surface area contributed by atoms with Gasteiger partial charge in [0.05, 0.1) is 0 Å². The molecule has 0 N–H and O–H groups in total. The summed E-state index contributed by atoms with van der Waals surface area (Å²) in [5.74, 6) is 0.900. The Kier molecular flexibility index (Phi) is 7.33. The Bertz CT molecular complexity index is 481. The molecule has 2 aliphatic rings. The summed E-state index contributed by atoms with van der Waals surface area (Å²) in [6, 6.07) is 11.7. The van der Waals surface area contributed by atoms with E-state index in [9.17, 15) is 0 Å². The van der Waals surface area contributed by atoms with Gasteiger partial charge < -0.3 is 9.80 Å². The highest BCUT2D eigenvalue weighted by Crippen LogP contribution is 2.22. The first-order valence-corrected chi connectivity index (χ1v) is 10.5. The largest absolute Gasteiger partial charge is 0.303 e. The van der Waals surface area contributed by atoms with Gasteiger partial charge in [0.15, 0.2) is 0 Å². The molecule has 0 unspecified atom stereocenters. The maximum Gasteiger partial charge on any atom is 0.0236 e. The van der Waals surface area contributed by atoms with Gasteiger partial charge in [0.1, 0.15) is 0 Å². The van der Waals surface area contributed by atoms with Crippen LogP contribution in [0, 0.1) is 5.92 Å². The Labute approximate surface area is 155 Å². The van der Waals surface area contributed by atoms with E-state index in [4.69, 9.17) is 0 Å². The Balaban J connectivity index is 1.44. The molecule has 0 amide bonds. The van der Waals surface area contributed by atoms with E-state index in [-0.39, 0.29) is 0 Å². The van der Waals surface area contributed by atoms with E-state index >= 15 is 0 Å². The highest BCUT2D eigenvalue weighted by atomic mass is 15.2.